The number of rotatable bonds is 7. The molecule has 5 heteroatoms. The molecule has 1 heterocycles. The van der Waals surface area contributed by atoms with Gasteiger partial charge in [-0.3, -0.25) is 9.89 Å². The molecule has 0 fully saturated rings. The van der Waals surface area contributed by atoms with Crippen LogP contribution in [0, 0.1) is 12.7 Å². The molecular formula is C16H20FN3O. The molecule has 21 heavy (non-hydrogen) atoms. The number of benzene rings is 1. The van der Waals surface area contributed by atoms with E-state index in [0.29, 0.717) is 19.4 Å². The van der Waals surface area contributed by atoms with Crippen molar-refractivity contribution >= 4 is 5.91 Å². The summed E-state index contributed by atoms with van der Waals surface area (Å²) in [6, 6.07) is 6.26. The molecule has 0 saturated heterocycles. The predicted octanol–water partition coefficient (Wildman–Crippen LogP) is 2.54. The first-order chi connectivity index (χ1) is 10.1. The first-order valence-electron chi connectivity index (χ1n) is 7.15. The Morgan fingerprint density at radius 2 is 2.05 bits per heavy atom. The largest absolute Gasteiger partial charge is 0.356 e. The van der Waals surface area contributed by atoms with Gasteiger partial charge in [0.25, 0.3) is 0 Å². The number of carbonyl (C=O) groups is 1. The highest BCUT2D eigenvalue weighted by molar-refractivity contribution is 5.76. The maximum Gasteiger partial charge on any atom is 0.220 e. The van der Waals surface area contributed by atoms with Gasteiger partial charge in [0, 0.05) is 18.7 Å². The summed E-state index contributed by atoms with van der Waals surface area (Å²) >= 11 is 0. The zero-order valence-corrected chi connectivity index (χ0v) is 12.2. The maximum atomic E-state index is 12.8. The molecule has 0 spiro atoms. The molecule has 2 rings (SSSR count). The summed E-state index contributed by atoms with van der Waals surface area (Å²) < 4.78 is 12.8. The lowest BCUT2D eigenvalue weighted by Gasteiger charge is -2.05. The van der Waals surface area contributed by atoms with E-state index in [9.17, 15) is 9.18 Å². The topological polar surface area (TPSA) is 57.8 Å². The van der Waals surface area contributed by atoms with Gasteiger partial charge in [-0.2, -0.15) is 5.10 Å². The summed E-state index contributed by atoms with van der Waals surface area (Å²) in [5.74, 6) is -0.221. The number of H-pyrrole nitrogens is 1. The van der Waals surface area contributed by atoms with Crippen LogP contribution in [0.3, 0.4) is 0 Å². The average Bonchev–Trinajstić information content (AvgIpc) is 2.88. The van der Waals surface area contributed by atoms with Crippen molar-refractivity contribution in [3.8, 4) is 0 Å². The van der Waals surface area contributed by atoms with Crippen molar-refractivity contribution in [2.75, 3.05) is 6.54 Å². The molecule has 0 atom stereocenters. The lowest BCUT2D eigenvalue weighted by atomic mass is 10.1. The number of nitrogens with zero attached hydrogens (tertiary/aromatic N) is 1. The lowest BCUT2D eigenvalue weighted by Crippen LogP contribution is -2.25. The van der Waals surface area contributed by atoms with Gasteiger partial charge >= 0.3 is 0 Å². The highest BCUT2D eigenvalue weighted by atomic mass is 19.1. The van der Waals surface area contributed by atoms with Gasteiger partial charge in [-0.05, 0) is 49.4 Å². The molecule has 0 unspecified atom stereocenters. The molecule has 4 nitrogen and oxygen atoms in total. The second-order valence-corrected chi connectivity index (χ2v) is 5.10. The molecule has 1 aromatic carbocycles. The van der Waals surface area contributed by atoms with Gasteiger partial charge in [-0.25, -0.2) is 4.39 Å². The molecule has 1 aromatic heterocycles. The van der Waals surface area contributed by atoms with Crippen molar-refractivity contribution in [3.05, 3.63) is 53.1 Å². The third kappa shape index (κ3) is 5.02. The van der Waals surface area contributed by atoms with Crippen molar-refractivity contribution < 1.29 is 9.18 Å². The van der Waals surface area contributed by atoms with Crippen LogP contribution in [0.25, 0.3) is 0 Å². The van der Waals surface area contributed by atoms with E-state index in [1.165, 1.54) is 17.7 Å². The number of hydrogen-bond donors (Lipinski definition) is 2. The number of halogens is 1. The summed E-state index contributed by atoms with van der Waals surface area (Å²) in [6.07, 6.45) is 4.68. The van der Waals surface area contributed by atoms with Crippen LogP contribution in [0.15, 0.2) is 30.5 Å². The molecule has 0 bridgehead atoms. The van der Waals surface area contributed by atoms with E-state index >= 15 is 0 Å². The zero-order valence-electron chi connectivity index (χ0n) is 12.2. The van der Waals surface area contributed by atoms with Gasteiger partial charge in [0.15, 0.2) is 0 Å². The summed E-state index contributed by atoms with van der Waals surface area (Å²) in [5.41, 5.74) is 3.24. The van der Waals surface area contributed by atoms with Crippen LogP contribution >= 0.6 is 0 Å². The molecule has 2 aromatic rings. The summed E-state index contributed by atoms with van der Waals surface area (Å²) in [6.45, 7) is 2.65. The Labute approximate surface area is 123 Å². The minimum atomic E-state index is -0.252. The molecule has 112 valence electrons. The van der Waals surface area contributed by atoms with E-state index in [-0.39, 0.29) is 11.7 Å². The molecule has 0 saturated carbocycles. The first kappa shape index (κ1) is 15.2. The fraction of sp³-hybridized carbons (Fsp3) is 0.375. The molecule has 1 amide bonds. The van der Waals surface area contributed by atoms with Crippen LogP contribution in [-0.4, -0.2) is 22.6 Å². The third-order valence-corrected chi connectivity index (χ3v) is 3.43. The number of amides is 1. The Balaban J connectivity index is 1.61. The van der Waals surface area contributed by atoms with Crippen molar-refractivity contribution in [2.45, 2.75) is 32.6 Å². The van der Waals surface area contributed by atoms with E-state index < -0.39 is 0 Å². The van der Waals surface area contributed by atoms with E-state index in [0.717, 1.165) is 24.1 Å². The quantitative estimate of drug-likeness (QED) is 0.770. The lowest BCUT2D eigenvalue weighted by molar-refractivity contribution is -0.121. The first-order valence-corrected chi connectivity index (χ1v) is 7.15. The second-order valence-electron chi connectivity index (χ2n) is 5.10. The third-order valence-electron chi connectivity index (χ3n) is 3.43. The molecule has 0 aliphatic heterocycles. The summed E-state index contributed by atoms with van der Waals surface area (Å²) in [4.78, 5) is 11.7. The second kappa shape index (κ2) is 7.57. The van der Waals surface area contributed by atoms with E-state index in [1.807, 2.05) is 13.1 Å². The van der Waals surface area contributed by atoms with Gasteiger partial charge in [0.05, 0.1) is 6.20 Å². The van der Waals surface area contributed by atoms with Gasteiger partial charge in [-0.15, -0.1) is 0 Å². The van der Waals surface area contributed by atoms with E-state index in [4.69, 9.17) is 0 Å². The number of aromatic amines is 1. The highest BCUT2D eigenvalue weighted by Gasteiger charge is 2.03. The number of nitrogens with one attached hydrogen (secondary N) is 2. The van der Waals surface area contributed by atoms with Crippen LogP contribution in [0.1, 0.15) is 29.7 Å². The molecule has 0 aliphatic carbocycles. The van der Waals surface area contributed by atoms with Gasteiger partial charge in [0.2, 0.25) is 5.91 Å². The predicted molar refractivity (Wildman–Crippen MR) is 79.4 cm³/mol. The van der Waals surface area contributed by atoms with Crippen molar-refractivity contribution in [2.24, 2.45) is 0 Å². The van der Waals surface area contributed by atoms with Crippen LogP contribution in [0.2, 0.25) is 0 Å². The maximum absolute atomic E-state index is 12.8. The number of aryl methyl sites for hydroxylation is 3. The Morgan fingerprint density at radius 3 is 2.71 bits per heavy atom. The number of hydrogen-bond acceptors (Lipinski definition) is 2. The summed E-state index contributed by atoms with van der Waals surface area (Å²) in [5, 5.41) is 9.76. The smallest absolute Gasteiger partial charge is 0.220 e. The van der Waals surface area contributed by atoms with Gasteiger partial charge in [0.1, 0.15) is 5.82 Å². The van der Waals surface area contributed by atoms with E-state index in [1.54, 1.807) is 12.1 Å². The normalized spacial score (nSPS) is 10.6. The Hall–Kier alpha value is -2.17. The highest BCUT2D eigenvalue weighted by Crippen LogP contribution is 2.06. The van der Waals surface area contributed by atoms with Crippen molar-refractivity contribution in [1.29, 1.82) is 0 Å². The molecule has 0 aliphatic rings. The van der Waals surface area contributed by atoms with Crippen molar-refractivity contribution in [1.82, 2.24) is 15.5 Å². The average molecular weight is 289 g/mol. The van der Waals surface area contributed by atoms with Crippen LogP contribution in [-0.2, 0) is 17.6 Å². The van der Waals surface area contributed by atoms with Crippen molar-refractivity contribution in [3.63, 3.8) is 0 Å². The SMILES string of the molecule is Cc1[nH]ncc1CCCNC(=O)CCc1ccc(F)cc1. The molecular weight excluding hydrogens is 269 g/mol. The Kier molecular flexibility index (Phi) is 5.49. The number of aromatic nitrogens is 2. The Morgan fingerprint density at radius 1 is 1.29 bits per heavy atom. The zero-order chi connectivity index (χ0) is 15.1. The Bertz CT molecular complexity index is 577. The van der Waals surface area contributed by atoms with Crippen LogP contribution in [0.4, 0.5) is 4.39 Å². The molecule has 2 N–H and O–H groups in total. The summed E-state index contributed by atoms with van der Waals surface area (Å²) in [7, 11) is 0. The van der Waals surface area contributed by atoms with Crippen LogP contribution in [0.5, 0.6) is 0 Å². The fourth-order valence-corrected chi connectivity index (χ4v) is 2.13. The monoisotopic (exact) mass is 289 g/mol. The van der Waals surface area contributed by atoms with Gasteiger partial charge < -0.3 is 5.32 Å². The minimum Gasteiger partial charge on any atom is -0.356 e. The van der Waals surface area contributed by atoms with Gasteiger partial charge in [-0.1, -0.05) is 12.1 Å². The van der Waals surface area contributed by atoms with E-state index in [2.05, 4.69) is 15.5 Å². The van der Waals surface area contributed by atoms with Crippen LogP contribution < -0.4 is 5.32 Å². The standard InChI is InChI=1S/C16H20FN3O/c1-12-14(11-19-20-12)3-2-10-18-16(21)9-6-13-4-7-15(17)8-5-13/h4-5,7-8,11H,2-3,6,9-10H2,1H3,(H,18,21)(H,19,20). The number of carbonyl (C=O) groups excluding carboxylic acids is 1. The molecule has 0 radical (unpaired) electrons. The fourth-order valence-electron chi connectivity index (χ4n) is 2.13. The minimum absolute atomic E-state index is 0.0308.